The Hall–Kier alpha value is -1.23. The van der Waals surface area contributed by atoms with Gasteiger partial charge in [-0.1, -0.05) is 23.8 Å². The van der Waals surface area contributed by atoms with Crippen molar-refractivity contribution in [2.45, 2.75) is 25.6 Å². The predicted molar refractivity (Wildman–Crippen MR) is 68.6 cm³/mol. The van der Waals surface area contributed by atoms with Crippen LogP contribution in [0.4, 0.5) is 0 Å². The van der Waals surface area contributed by atoms with Crippen molar-refractivity contribution in [1.29, 1.82) is 0 Å². The zero-order valence-corrected chi connectivity index (χ0v) is 10.5. The van der Waals surface area contributed by atoms with E-state index in [1.807, 2.05) is 36.1 Å². The first-order valence-electron chi connectivity index (χ1n) is 6.24. The normalized spacial score (nSPS) is 24.4. The van der Waals surface area contributed by atoms with Gasteiger partial charge in [-0.15, -0.1) is 0 Å². The molecule has 2 N–H and O–H groups in total. The average Bonchev–Trinajstić information content (AvgIpc) is 2.66. The molecule has 2 unspecified atom stereocenters. The highest BCUT2D eigenvalue weighted by molar-refractivity contribution is 5.96. The summed E-state index contributed by atoms with van der Waals surface area (Å²) in [6, 6.07) is 7.55. The lowest BCUT2D eigenvalue weighted by Gasteiger charge is -2.13. The lowest BCUT2D eigenvalue weighted by Crippen LogP contribution is -2.25. The van der Waals surface area contributed by atoms with Crippen LogP contribution in [-0.2, 0) is 0 Å². The SMILES string of the molecule is Cc1cccc(C(=O)CCN2CC(O)C(O)C2)c1. The molecule has 0 spiro atoms. The van der Waals surface area contributed by atoms with Gasteiger partial charge in [-0.25, -0.2) is 0 Å². The van der Waals surface area contributed by atoms with Gasteiger partial charge in [0.05, 0.1) is 12.2 Å². The number of carbonyl (C=O) groups is 1. The maximum Gasteiger partial charge on any atom is 0.164 e. The number of rotatable bonds is 4. The largest absolute Gasteiger partial charge is 0.389 e. The summed E-state index contributed by atoms with van der Waals surface area (Å²) in [5.41, 5.74) is 1.81. The summed E-state index contributed by atoms with van der Waals surface area (Å²) in [6.07, 6.45) is -0.943. The lowest BCUT2D eigenvalue weighted by atomic mass is 10.1. The molecule has 1 aromatic rings. The topological polar surface area (TPSA) is 60.8 Å². The first-order chi connectivity index (χ1) is 8.56. The molecule has 0 aliphatic carbocycles. The maximum absolute atomic E-state index is 12.0. The third kappa shape index (κ3) is 3.16. The summed E-state index contributed by atoms with van der Waals surface area (Å²) in [5, 5.41) is 18.8. The minimum Gasteiger partial charge on any atom is -0.389 e. The van der Waals surface area contributed by atoms with Crippen LogP contribution in [0.15, 0.2) is 24.3 Å². The molecular weight excluding hydrogens is 230 g/mol. The quantitative estimate of drug-likeness (QED) is 0.767. The Bertz CT molecular complexity index is 423. The molecule has 18 heavy (non-hydrogen) atoms. The van der Waals surface area contributed by atoms with Gasteiger partial charge in [-0.05, 0) is 13.0 Å². The van der Waals surface area contributed by atoms with E-state index in [9.17, 15) is 15.0 Å². The molecule has 4 nitrogen and oxygen atoms in total. The Morgan fingerprint density at radius 3 is 2.61 bits per heavy atom. The highest BCUT2D eigenvalue weighted by atomic mass is 16.3. The number of Topliss-reactive ketones (excluding diaryl/α,β-unsaturated/α-hetero) is 1. The van der Waals surface area contributed by atoms with E-state index >= 15 is 0 Å². The maximum atomic E-state index is 12.0. The number of aryl methyl sites for hydroxylation is 1. The number of aliphatic hydroxyl groups excluding tert-OH is 2. The van der Waals surface area contributed by atoms with Gasteiger partial charge in [0, 0.05) is 31.6 Å². The molecule has 0 radical (unpaired) electrons. The number of likely N-dealkylation sites (tertiary alicyclic amines) is 1. The van der Waals surface area contributed by atoms with Gasteiger partial charge in [0.1, 0.15) is 0 Å². The van der Waals surface area contributed by atoms with Crippen molar-refractivity contribution in [3.8, 4) is 0 Å². The lowest BCUT2D eigenvalue weighted by molar-refractivity contribution is 0.0572. The number of hydrogen-bond acceptors (Lipinski definition) is 4. The number of benzene rings is 1. The van der Waals surface area contributed by atoms with Crippen molar-refractivity contribution < 1.29 is 15.0 Å². The first-order valence-corrected chi connectivity index (χ1v) is 6.24. The first kappa shape index (κ1) is 13.2. The van der Waals surface area contributed by atoms with Gasteiger partial charge in [0.15, 0.2) is 5.78 Å². The Kier molecular flexibility index (Phi) is 4.11. The summed E-state index contributed by atoms with van der Waals surface area (Å²) in [7, 11) is 0. The van der Waals surface area contributed by atoms with E-state index in [2.05, 4.69) is 0 Å². The zero-order valence-electron chi connectivity index (χ0n) is 10.5. The van der Waals surface area contributed by atoms with Crippen molar-refractivity contribution >= 4 is 5.78 Å². The number of nitrogens with zero attached hydrogens (tertiary/aromatic N) is 1. The van der Waals surface area contributed by atoms with Crippen LogP contribution in [0.5, 0.6) is 0 Å². The van der Waals surface area contributed by atoms with Crippen molar-refractivity contribution in [3.63, 3.8) is 0 Å². The van der Waals surface area contributed by atoms with Crippen LogP contribution in [0.1, 0.15) is 22.3 Å². The van der Waals surface area contributed by atoms with Crippen molar-refractivity contribution in [1.82, 2.24) is 4.90 Å². The smallest absolute Gasteiger partial charge is 0.164 e. The van der Waals surface area contributed by atoms with E-state index in [-0.39, 0.29) is 5.78 Å². The average molecular weight is 249 g/mol. The van der Waals surface area contributed by atoms with Crippen LogP contribution >= 0.6 is 0 Å². The molecule has 0 aromatic heterocycles. The summed E-state index contributed by atoms with van der Waals surface area (Å²) in [5.74, 6) is 0.106. The van der Waals surface area contributed by atoms with E-state index in [1.54, 1.807) is 0 Å². The molecule has 1 aliphatic heterocycles. The Balaban J connectivity index is 1.86. The summed E-state index contributed by atoms with van der Waals surface area (Å²) < 4.78 is 0. The highest BCUT2D eigenvalue weighted by Crippen LogP contribution is 2.12. The van der Waals surface area contributed by atoms with Gasteiger partial charge >= 0.3 is 0 Å². The molecule has 1 aromatic carbocycles. The molecule has 2 rings (SSSR count). The molecule has 2 atom stereocenters. The summed E-state index contributed by atoms with van der Waals surface area (Å²) in [4.78, 5) is 13.9. The van der Waals surface area contributed by atoms with E-state index < -0.39 is 12.2 Å². The third-order valence-corrected chi connectivity index (χ3v) is 3.33. The van der Waals surface area contributed by atoms with Crippen molar-refractivity contribution in [2.24, 2.45) is 0 Å². The molecular formula is C14H19NO3. The van der Waals surface area contributed by atoms with Gasteiger partial charge in [0.2, 0.25) is 0 Å². The van der Waals surface area contributed by atoms with E-state index in [1.165, 1.54) is 0 Å². The fourth-order valence-corrected chi connectivity index (χ4v) is 2.25. The van der Waals surface area contributed by atoms with Gasteiger partial charge in [-0.3, -0.25) is 9.69 Å². The monoisotopic (exact) mass is 249 g/mol. The Labute approximate surface area is 107 Å². The van der Waals surface area contributed by atoms with Crippen molar-refractivity contribution in [2.75, 3.05) is 19.6 Å². The summed E-state index contributed by atoms with van der Waals surface area (Å²) in [6.45, 7) is 3.44. The second-order valence-electron chi connectivity index (χ2n) is 4.94. The number of β-amino-alcohol motifs (C(OH)–C–C–N with tert-alkyl or cyclic N) is 2. The summed E-state index contributed by atoms with van der Waals surface area (Å²) >= 11 is 0. The van der Waals surface area contributed by atoms with Crippen LogP contribution in [0.3, 0.4) is 0 Å². The number of carbonyl (C=O) groups excluding carboxylic acids is 1. The van der Waals surface area contributed by atoms with E-state index in [0.29, 0.717) is 26.1 Å². The molecule has 1 fully saturated rings. The number of ketones is 1. The van der Waals surface area contributed by atoms with E-state index in [4.69, 9.17) is 0 Å². The highest BCUT2D eigenvalue weighted by Gasteiger charge is 2.29. The standard InChI is InChI=1S/C14H19NO3/c1-10-3-2-4-11(7-10)12(16)5-6-15-8-13(17)14(18)9-15/h2-4,7,13-14,17-18H,5-6,8-9H2,1H3. The van der Waals surface area contributed by atoms with Gasteiger partial charge in [0.25, 0.3) is 0 Å². The molecule has 4 heteroatoms. The number of aliphatic hydroxyl groups is 2. The molecule has 1 saturated heterocycles. The molecule has 0 amide bonds. The number of hydrogen-bond donors (Lipinski definition) is 2. The molecule has 1 heterocycles. The van der Waals surface area contributed by atoms with Crippen LogP contribution in [0.25, 0.3) is 0 Å². The van der Waals surface area contributed by atoms with Gasteiger partial charge in [-0.2, -0.15) is 0 Å². The van der Waals surface area contributed by atoms with E-state index in [0.717, 1.165) is 11.1 Å². The van der Waals surface area contributed by atoms with Crippen LogP contribution < -0.4 is 0 Å². The predicted octanol–water partition coefficient (Wildman–Crippen LogP) is 0.605. The van der Waals surface area contributed by atoms with Crippen molar-refractivity contribution in [3.05, 3.63) is 35.4 Å². The minimum atomic E-state index is -0.681. The Morgan fingerprint density at radius 1 is 1.33 bits per heavy atom. The van der Waals surface area contributed by atoms with Gasteiger partial charge < -0.3 is 10.2 Å². The second kappa shape index (κ2) is 5.61. The molecule has 0 bridgehead atoms. The Morgan fingerprint density at radius 2 is 2.00 bits per heavy atom. The zero-order chi connectivity index (χ0) is 13.1. The third-order valence-electron chi connectivity index (χ3n) is 3.33. The van der Waals surface area contributed by atoms with Crippen LogP contribution in [0.2, 0.25) is 0 Å². The molecule has 98 valence electrons. The second-order valence-corrected chi connectivity index (χ2v) is 4.94. The molecule has 0 saturated carbocycles. The fourth-order valence-electron chi connectivity index (χ4n) is 2.25. The molecule has 1 aliphatic rings. The van der Waals surface area contributed by atoms with Crippen LogP contribution in [-0.4, -0.2) is 52.7 Å². The fraction of sp³-hybridized carbons (Fsp3) is 0.500. The van der Waals surface area contributed by atoms with Crippen LogP contribution in [0, 0.1) is 6.92 Å². The minimum absolute atomic E-state index is 0.106.